The van der Waals surface area contributed by atoms with Crippen LogP contribution in [0.25, 0.3) is 0 Å². The molecule has 0 saturated heterocycles. The highest BCUT2D eigenvalue weighted by molar-refractivity contribution is 7.14. The highest BCUT2D eigenvalue weighted by Crippen LogP contribution is 2.28. The first-order valence-electron chi connectivity index (χ1n) is 9.27. The van der Waals surface area contributed by atoms with Crippen LogP contribution in [0.15, 0.2) is 30.3 Å². The fraction of sp³-hybridized carbons (Fsp3) is 0.350. The van der Waals surface area contributed by atoms with Crippen molar-refractivity contribution >= 4 is 40.7 Å². The molecule has 3 amide bonds. The van der Waals surface area contributed by atoms with Gasteiger partial charge in [0.15, 0.2) is 0 Å². The number of halogens is 1. The summed E-state index contributed by atoms with van der Waals surface area (Å²) in [5, 5.41) is 2.92. The molecule has 0 bridgehead atoms. The normalized spacial score (nSPS) is 13.6. The number of nitrogens with one attached hydrogen (secondary N) is 3. The molecular formula is C20H22ClN3O3S. The highest BCUT2D eigenvalue weighted by atomic mass is 35.5. The Morgan fingerprint density at radius 2 is 1.75 bits per heavy atom. The van der Waals surface area contributed by atoms with Gasteiger partial charge < -0.3 is 5.32 Å². The van der Waals surface area contributed by atoms with Crippen molar-refractivity contribution in [3.63, 3.8) is 0 Å². The average molecular weight is 420 g/mol. The summed E-state index contributed by atoms with van der Waals surface area (Å²) in [6.07, 6.45) is 6.77. The summed E-state index contributed by atoms with van der Waals surface area (Å²) in [6, 6.07) is 8.35. The van der Waals surface area contributed by atoms with Crippen molar-refractivity contribution in [1.29, 1.82) is 0 Å². The highest BCUT2D eigenvalue weighted by Gasteiger charge is 2.16. The number of hydrogen-bond donors (Lipinski definition) is 3. The van der Waals surface area contributed by atoms with E-state index in [1.807, 2.05) is 6.07 Å². The maximum atomic E-state index is 12.3. The Bertz CT molecular complexity index is 856. The summed E-state index contributed by atoms with van der Waals surface area (Å²) in [5.74, 6) is -1.27. The van der Waals surface area contributed by atoms with E-state index in [1.54, 1.807) is 18.2 Å². The third-order valence-corrected chi connectivity index (χ3v) is 6.00. The first-order chi connectivity index (χ1) is 13.5. The lowest BCUT2D eigenvalue weighted by atomic mass is 10.00. The molecule has 8 heteroatoms. The van der Waals surface area contributed by atoms with Gasteiger partial charge >= 0.3 is 0 Å². The summed E-state index contributed by atoms with van der Waals surface area (Å²) >= 11 is 7.33. The van der Waals surface area contributed by atoms with Gasteiger partial charge in [-0.1, -0.05) is 30.5 Å². The number of hydrazine groups is 1. The molecule has 28 heavy (non-hydrogen) atoms. The van der Waals surface area contributed by atoms with Crippen molar-refractivity contribution < 1.29 is 14.4 Å². The van der Waals surface area contributed by atoms with E-state index in [9.17, 15) is 14.4 Å². The quantitative estimate of drug-likeness (QED) is 0.665. The molecule has 3 rings (SSSR count). The second kappa shape index (κ2) is 9.71. The Morgan fingerprint density at radius 1 is 0.964 bits per heavy atom. The van der Waals surface area contributed by atoms with Gasteiger partial charge in [-0.15, -0.1) is 11.3 Å². The number of benzene rings is 1. The lowest BCUT2D eigenvalue weighted by molar-refractivity contribution is -0.120. The SMILES string of the molecule is O=C(CNC(=O)c1cccc(Cl)c1)NNC(=O)c1cc2c(s1)CCCCCC2. The van der Waals surface area contributed by atoms with Gasteiger partial charge in [0.1, 0.15) is 0 Å². The number of hydrogen-bond acceptors (Lipinski definition) is 4. The van der Waals surface area contributed by atoms with Crippen molar-refractivity contribution in [3.05, 3.63) is 56.2 Å². The van der Waals surface area contributed by atoms with E-state index in [2.05, 4.69) is 16.2 Å². The van der Waals surface area contributed by atoms with Crippen LogP contribution < -0.4 is 16.2 Å². The third kappa shape index (κ3) is 5.56. The largest absolute Gasteiger partial charge is 0.343 e. The molecule has 0 fully saturated rings. The van der Waals surface area contributed by atoms with E-state index < -0.39 is 11.8 Å². The van der Waals surface area contributed by atoms with Crippen LogP contribution in [-0.2, 0) is 17.6 Å². The number of thiophene rings is 1. The summed E-state index contributed by atoms with van der Waals surface area (Å²) in [4.78, 5) is 38.1. The molecule has 0 atom stereocenters. The predicted octanol–water partition coefficient (Wildman–Crippen LogP) is 3.25. The molecule has 0 saturated carbocycles. The lowest BCUT2D eigenvalue weighted by Crippen LogP contribution is -2.46. The van der Waals surface area contributed by atoms with Crippen LogP contribution in [-0.4, -0.2) is 24.3 Å². The molecule has 1 aliphatic carbocycles. The van der Waals surface area contributed by atoms with Gasteiger partial charge in [-0.3, -0.25) is 25.2 Å². The molecule has 1 aromatic carbocycles. The summed E-state index contributed by atoms with van der Waals surface area (Å²) < 4.78 is 0. The molecular weight excluding hydrogens is 398 g/mol. The van der Waals surface area contributed by atoms with Gasteiger partial charge in [-0.25, -0.2) is 0 Å². The molecule has 6 nitrogen and oxygen atoms in total. The van der Waals surface area contributed by atoms with Gasteiger partial charge in [0.2, 0.25) is 0 Å². The van der Waals surface area contributed by atoms with Gasteiger partial charge in [-0.2, -0.15) is 0 Å². The zero-order valence-electron chi connectivity index (χ0n) is 15.3. The van der Waals surface area contributed by atoms with Crippen molar-refractivity contribution in [2.45, 2.75) is 38.5 Å². The van der Waals surface area contributed by atoms with E-state index >= 15 is 0 Å². The number of fused-ring (bicyclic) bond motifs is 1. The van der Waals surface area contributed by atoms with Gasteiger partial charge in [0.05, 0.1) is 11.4 Å². The smallest absolute Gasteiger partial charge is 0.279 e. The molecule has 1 heterocycles. The fourth-order valence-corrected chi connectivity index (χ4v) is 4.42. The monoisotopic (exact) mass is 419 g/mol. The first kappa shape index (κ1) is 20.4. The second-order valence-corrected chi connectivity index (χ2v) is 8.24. The van der Waals surface area contributed by atoms with E-state index in [-0.39, 0.29) is 12.5 Å². The zero-order valence-corrected chi connectivity index (χ0v) is 16.9. The van der Waals surface area contributed by atoms with Crippen molar-refractivity contribution in [1.82, 2.24) is 16.2 Å². The van der Waals surface area contributed by atoms with Crippen LogP contribution in [0.3, 0.4) is 0 Å². The molecule has 1 aromatic heterocycles. The molecule has 0 spiro atoms. The first-order valence-corrected chi connectivity index (χ1v) is 10.5. The van der Waals surface area contributed by atoms with E-state index in [0.717, 1.165) is 25.7 Å². The Balaban J connectivity index is 1.47. The number of carbonyl (C=O) groups is 3. The van der Waals surface area contributed by atoms with Crippen LogP contribution in [0.5, 0.6) is 0 Å². The number of carbonyl (C=O) groups excluding carboxylic acids is 3. The predicted molar refractivity (Wildman–Crippen MR) is 110 cm³/mol. The topological polar surface area (TPSA) is 87.3 Å². The van der Waals surface area contributed by atoms with Crippen LogP contribution in [0.4, 0.5) is 0 Å². The standard InChI is InChI=1S/C20H22ClN3O3S/c21-15-8-5-7-14(10-15)19(26)22-12-18(25)23-24-20(27)17-11-13-6-3-1-2-4-9-16(13)28-17/h5,7-8,10-11H,1-4,6,9,12H2,(H,22,26)(H,23,25)(H,24,27). The summed E-state index contributed by atoms with van der Waals surface area (Å²) in [5.41, 5.74) is 6.35. The maximum absolute atomic E-state index is 12.3. The van der Waals surface area contributed by atoms with E-state index in [1.165, 1.54) is 40.7 Å². The van der Waals surface area contributed by atoms with Crippen molar-refractivity contribution in [2.24, 2.45) is 0 Å². The lowest BCUT2D eigenvalue weighted by Gasteiger charge is -2.08. The maximum Gasteiger partial charge on any atom is 0.279 e. The Labute approximate surface area is 172 Å². The molecule has 3 N–H and O–H groups in total. The van der Waals surface area contributed by atoms with Crippen LogP contribution in [0.1, 0.15) is 56.2 Å². The summed E-state index contributed by atoms with van der Waals surface area (Å²) in [7, 11) is 0. The molecule has 2 aromatic rings. The second-order valence-electron chi connectivity index (χ2n) is 6.67. The van der Waals surface area contributed by atoms with Gasteiger partial charge in [-0.05, 0) is 55.5 Å². The van der Waals surface area contributed by atoms with Crippen LogP contribution in [0.2, 0.25) is 5.02 Å². The molecule has 1 aliphatic rings. The zero-order chi connectivity index (χ0) is 19.9. The van der Waals surface area contributed by atoms with Crippen molar-refractivity contribution in [2.75, 3.05) is 6.54 Å². The minimum Gasteiger partial charge on any atom is -0.343 e. The molecule has 0 unspecified atom stereocenters. The fourth-order valence-electron chi connectivity index (χ4n) is 3.08. The molecule has 0 aliphatic heterocycles. The average Bonchev–Trinajstić information content (AvgIpc) is 3.06. The molecule has 0 radical (unpaired) electrons. The van der Waals surface area contributed by atoms with Gasteiger partial charge in [0.25, 0.3) is 17.7 Å². The number of aryl methyl sites for hydroxylation is 2. The summed E-state index contributed by atoms with van der Waals surface area (Å²) in [6.45, 7) is -0.257. The van der Waals surface area contributed by atoms with Crippen molar-refractivity contribution in [3.8, 4) is 0 Å². The minimum absolute atomic E-state index is 0.257. The van der Waals surface area contributed by atoms with E-state index in [0.29, 0.717) is 15.5 Å². The Morgan fingerprint density at radius 3 is 2.54 bits per heavy atom. The Hall–Kier alpha value is -2.38. The van der Waals surface area contributed by atoms with Gasteiger partial charge in [0, 0.05) is 15.5 Å². The Kier molecular flexibility index (Phi) is 7.06. The van der Waals surface area contributed by atoms with Crippen LogP contribution in [0, 0.1) is 0 Å². The molecule has 148 valence electrons. The van der Waals surface area contributed by atoms with E-state index in [4.69, 9.17) is 11.6 Å². The number of rotatable bonds is 4. The minimum atomic E-state index is -0.515. The third-order valence-electron chi connectivity index (χ3n) is 4.53. The number of amides is 3. The van der Waals surface area contributed by atoms with Crippen LogP contribution >= 0.6 is 22.9 Å².